The standard InChI is InChI=1S/C25H28N2O3S2/c1-4-30-25(29)22-18-9-5-6-11-19(18)32-24(22)26-20(28)12-13-31-21-14-16(3)17-10-7-8-15(2)23(17)27-21/h7-8,10,14H,4-6,9,11-13H2,1-3H3,(H,26,28). The van der Waals surface area contributed by atoms with E-state index in [4.69, 9.17) is 9.72 Å². The predicted molar refractivity (Wildman–Crippen MR) is 132 cm³/mol. The van der Waals surface area contributed by atoms with Gasteiger partial charge in [0, 0.05) is 22.4 Å². The Bertz CT molecular complexity index is 1170. The zero-order chi connectivity index (χ0) is 22.7. The van der Waals surface area contributed by atoms with E-state index in [1.807, 2.05) is 0 Å². The van der Waals surface area contributed by atoms with Crippen LogP contribution in [0.3, 0.4) is 0 Å². The molecule has 168 valence electrons. The summed E-state index contributed by atoms with van der Waals surface area (Å²) in [5.74, 6) is 0.202. The summed E-state index contributed by atoms with van der Waals surface area (Å²) in [5.41, 5.74) is 4.99. The number of thioether (sulfide) groups is 1. The molecule has 0 bridgehead atoms. The molecule has 2 heterocycles. The van der Waals surface area contributed by atoms with Crippen LogP contribution in [0, 0.1) is 13.8 Å². The van der Waals surface area contributed by atoms with E-state index in [-0.39, 0.29) is 11.9 Å². The van der Waals surface area contributed by atoms with Gasteiger partial charge in [-0.3, -0.25) is 4.79 Å². The van der Waals surface area contributed by atoms with Crippen LogP contribution in [0.25, 0.3) is 10.9 Å². The average molecular weight is 469 g/mol. The highest BCUT2D eigenvalue weighted by Crippen LogP contribution is 2.38. The largest absolute Gasteiger partial charge is 0.462 e. The molecule has 3 aromatic rings. The van der Waals surface area contributed by atoms with Crippen LogP contribution in [-0.2, 0) is 22.4 Å². The second-order valence-electron chi connectivity index (χ2n) is 8.03. The number of pyridine rings is 1. The van der Waals surface area contributed by atoms with Gasteiger partial charge in [-0.15, -0.1) is 23.1 Å². The number of rotatable bonds is 7. The van der Waals surface area contributed by atoms with Crippen molar-refractivity contribution in [3.05, 3.63) is 51.4 Å². The molecule has 2 aromatic heterocycles. The SMILES string of the molecule is CCOC(=O)c1c(NC(=O)CCSc2cc(C)c3cccc(C)c3n2)sc2c1CCCC2. The van der Waals surface area contributed by atoms with Crippen molar-refractivity contribution in [2.75, 3.05) is 17.7 Å². The van der Waals surface area contributed by atoms with Crippen LogP contribution in [0.1, 0.15) is 58.1 Å². The lowest BCUT2D eigenvalue weighted by Gasteiger charge is -2.12. The van der Waals surface area contributed by atoms with Gasteiger partial charge in [-0.1, -0.05) is 18.2 Å². The lowest BCUT2D eigenvalue weighted by molar-refractivity contribution is -0.115. The first-order valence-electron chi connectivity index (χ1n) is 11.1. The summed E-state index contributed by atoms with van der Waals surface area (Å²) in [5, 5.41) is 5.72. The predicted octanol–water partition coefficient (Wildman–Crippen LogP) is 6.09. The van der Waals surface area contributed by atoms with Crippen molar-refractivity contribution in [2.45, 2.75) is 57.9 Å². The number of anilines is 1. The third-order valence-corrected chi connectivity index (χ3v) is 7.83. The molecule has 0 saturated heterocycles. The van der Waals surface area contributed by atoms with Crippen molar-refractivity contribution >= 4 is 50.9 Å². The van der Waals surface area contributed by atoms with Crippen LogP contribution in [0.15, 0.2) is 29.3 Å². The van der Waals surface area contributed by atoms with Crippen molar-refractivity contribution in [3.8, 4) is 0 Å². The molecule has 0 radical (unpaired) electrons. The normalized spacial score (nSPS) is 13.1. The number of para-hydroxylation sites is 1. The Hall–Kier alpha value is -2.38. The number of amides is 1. The molecule has 0 unspecified atom stereocenters. The summed E-state index contributed by atoms with van der Waals surface area (Å²) in [7, 11) is 0. The molecular formula is C25H28N2O3S2. The first kappa shape index (κ1) is 22.8. The Morgan fingerprint density at radius 2 is 2.00 bits per heavy atom. The molecule has 7 heteroatoms. The zero-order valence-corrected chi connectivity index (χ0v) is 20.4. The van der Waals surface area contributed by atoms with Crippen LogP contribution >= 0.6 is 23.1 Å². The van der Waals surface area contributed by atoms with Crippen molar-refractivity contribution < 1.29 is 14.3 Å². The fourth-order valence-corrected chi connectivity index (χ4v) is 6.32. The molecule has 1 aromatic carbocycles. The van der Waals surface area contributed by atoms with Crippen LogP contribution in [0.2, 0.25) is 0 Å². The van der Waals surface area contributed by atoms with Gasteiger partial charge < -0.3 is 10.1 Å². The van der Waals surface area contributed by atoms with E-state index in [0.717, 1.165) is 47.4 Å². The maximum Gasteiger partial charge on any atom is 0.341 e. The molecular weight excluding hydrogens is 440 g/mol. The van der Waals surface area contributed by atoms with E-state index in [1.54, 1.807) is 18.7 Å². The average Bonchev–Trinajstić information content (AvgIpc) is 3.12. The van der Waals surface area contributed by atoms with Gasteiger partial charge in [-0.2, -0.15) is 0 Å². The summed E-state index contributed by atoms with van der Waals surface area (Å²) in [4.78, 5) is 31.3. The number of fused-ring (bicyclic) bond motifs is 2. The highest BCUT2D eigenvalue weighted by Gasteiger charge is 2.27. The molecule has 0 aliphatic heterocycles. The smallest absolute Gasteiger partial charge is 0.341 e. The van der Waals surface area contributed by atoms with Gasteiger partial charge in [0.05, 0.1) is 22.7 Å². The number of aryl methyl sites for hydroxylation is 3. The molecule has 32 heavy (non-hydrogen) atoms. The maximum absolute atomic E-state index is 12.7. The van der Waals surface area contributed by atoms with E-state index < -0.39 is 0 Å². The molecule has 5 nitrogen and oxygen atoms in total. The van der Waals surface area contributed by atoms with Gasteiger partial charge in [-0.25, -0.2) is 9.78 Å². The van der Waals surface area contributed by atoms with Crippen molar-refractivity contribution in [1.29, 1.82) is 0 Å². The van der Waals surface area contributed by atoms with Gasteiger partial charge >= 0.3 is 5.97 Å². The highest BCUT2D eigenvalue weighted by atomic mass is 32.2. The van der Waals surface area contributed by atoms with E-state index in [2.05, 4.69) is 43.4 Å². The summed E-state index contributed by atoms with van der Waals surface area (Å²) in [6.07, 6.45) is 4.37. The van der Waals surface area contributed by atoms with Crippen molar-refractivity contribution in [1.82, 2.24) is 4.98 Å². The molecule has 0 saturated carbocycles. The van der Waals surface area contributed by atoms with E-state index >= 15 is 0 Å². The number of hydrogen-bond acceptors (Lipinski definition) is 6. The molecule has 1 aliphatic carbocycles. The first-order valence-corrected chi connectivity index (χ1v) is 12.9. The fraction of sp³-hybridized carbons (Fsp3) is 0.400. The van der Waals surface area contributed by atoms with Crippen LogP contribution < -0.4 is 5.32 Å². The minimum Gasteiger partial charge on any atom is -0.462 e. The summed E-state index contributed by atoms with van der Waals surface area (Å²) >= 11 is 3.11. The molecule has 0 fully saturated rings. The number of aromatic nitrogens is 1. The Kier molecular flexibility index (Phi) is 7.16. The van der Waals surface area contributed by atoms with Gasteiger partial charge in [0.25, 0.3) is 0 Å². The van der Waals surface area contributed by atoms with Crippen molar-refractivity contribution in [2.24, 2.45) is 0 Å². The zero-order valence-electron chi connectivity index (χ0n) is 18.7. The topological polar surface area (TPSA) is 68.3 Å². The van der Waals surface area contributed by atoms with Gasteiger partial charge in [-0.05, 0) is 69.2 Å². The number of esters is 1. The molecule has 1 N–H and O–H groups in total. The third-order valence-electron chi connectivity index (χ3n) is 5.71. The lowest BCUT2D eigenvalue weighted by atomic mass is 9.95. The number of carbonyl (C=O) groups is 2. The first-order chi connectivity index (χ1) is 15.5. The quantitative estimate of drug-likeness (QED) is 0.336. The molecule has 0 spiro atoms. The number of nitrogens with zero attached hydrogens (tertiary/aromatic N) is 1. The maximum atomic E-state index is 12.7. The van der Waals surface area contributed by atoms with Gasteiger partial charge in [0.15, 0.2) is 0 Å². The van der Waals surface area contributed by atoms with Gasteiger partial charge in [0.2, 0.25) is 5.91 Å². The number of thiophene rings is 1. The van der Waals surface area contributed by atoms with Crippen molar-refractivity contribution in [3.63, 3.8) is 0 Å². The van der Waals surface area contributed by atoms with E-state index in [9.17, 15) is 9.59 Å². The summed E-state index contributed by atoms with van der Waals surface area (Å²) in [6.45, 7) is 6.29. The number of hydrogen-bond donors (Lipinski definition) is 1. The molecule has 1 aliphatic rings. The number of nitrogens with one attached hydrogen (secondary N) is 1. The molecule has 1 amide bonds. The Labute approximate surface area is 197 Å². The lowest BCUT2D eigenvalue weighted by Crippen LogP contribution is -2.16. The second kappa shape index (κ2) is 10.0. The highest BCUT2D eigenvalue weighted by molar-refractivity contribution is 7.99. The fourth-order valence-electron chi connectivity index (χ4n) is 4.12. The molecule has 4 rings (SSSR count). The van der Waals surface area contributed by atoms with Crippen LogP contribution in [-0.4, -0.2) is 29.2 Å². The van der Waals surface area contributed by atoms with Gasteiger partial charge in [0.1, 0.15) is 5.00 Å². The Morgan fingerprint density at radius 1 is 1.19 bits per heavy atom. The minimum atomic E-state index is -0.331. The Balaban J connectivity index is 1.43. The number of benzene rings is 1. The molecule has 0 atom stereocenters. The van der Waals surface area contributed by atoms with Crippen LogP contribution in [0.5, 0.6) is 0 Å². The number of carbonyl (C=O) groups excluding carboxylic acids is 2. The minimum absolute atomic E-state index is 0.0877. The third kappa shape index (κ3) is 4.84. The van der Waals surface area contributed by atoms with E-state index in [1.165, 1.54) is 27.2 Å². The van der Waals surface area contributed by atoms with E-state index in [0.29, 0.717) is 29.3 Å². The summed E-state index contributed by atoms with van der Waals surface area (Å²) in [6, 6.07) is 8.29. The van der Waals surface area contributed by atoms with Crippen LogP contribution in [0.4, 0.5) is 5.00 Å². The summed E-state index contributed by atoms with van der Waals surface area (Å²) < 4.78 is 5.27. The monoisotopic (exact) mass is 468 g/mol. The Morgan fingerprint density at radius 3 is 2.81 bits per heavy atom. The number of ether oxygens (including phenoxy) is 1. The second-order valence-corrected chi connectivity index (χ2v) is 10.3.